The number of likely N-dealkylation sites (N-methyl/N-ethyl adjacent to an activating group) is 1. The summed E-state index contributed by atoms with van der Waals surface area (Å²) in [5.41, 5.74) is 2.89. The average molecular weight is 541 g/mol. The second kappa shape index (κ2) is 11.6. The van der Waals surface area contributed by atoms with E-state index in [1.807, 2.05) is 38.8 Å². The van der Waals surface area contributed by atoms with Gasteiger partial charge in [-0.3, -0.25) is 9.80 Å². The van der Waals surface area contributed by atoms with Gasteiger partial charge in [-0.25, -0.2) is 9.18 Å². The van der Waals surface area contributed by atoms with Gasteiger partial charge in [-0.2, -0.15) is 9.97 Å². The second-order valence-electron chi connectivity index (χ2n) is 11.9. The van der Waals surface area contributed by atoms with Gasteiger partial charge in [0.1, 0.15) is 24.2 Å². The van der Waals surface area contributed by atoms with Crippen molar-refractivity contribution in [3.8, 4) is 6.01 Å². The van der Waals surface area contributed by atoms with E-state index in [9.17, 15) is 9.18 Å². The van der Waals surface area contributed by atoms with Crippen LogP contribution in [0.2, 0.25) is 0 Å². The van der Waals surface area contributed by atoms with Gasteiger partial charge in [0.2, 0.25) is 0 Å². The van der Waals surface area contributed by atoms with Gasteiger partial charge >= 0.3 is 12.1 Å². The molecule has 0 saturated carbocycles. The lowest BCUT2D eigenvalue weighted by atomic mass is 10.0. The maximum Gasteiger partial charge on any atom is 0.410 e. The number of hydrogen-bond donors (Lipinski definition) is 0. The predicted octanol–water partition coefficient (Wildman–Crippen LogP) is 3.51. The smallest absolute Gasteiger partial charge is 0.410 e. The summed E-state index contributed by atoms with van der Waals surface area (Å²) in [4.78, 5) is 30.7. The number of carbonyl (C=O) groups is 1. The Morgan fingerprint density at radius 1 is 1.08 bits per heavy atom. The van der Waals surface area contributed by atoms with Crippen molar-refractivity contribution in [2.75, 3.05) is 57.8 Å². The van der Waals surface area contributed by atoms with Gasteiger partial charge < -0.3 is 19.3 Å². The third-order valence-electron chi connectivity index (χ3n) is 7.62. The van der Waals surface area contributed by atoms with Crippen molar-refractivity contribution in [2.45, 2.75) is 64.5 Å². The third-order valence-corrected chi connectivity index (χ3v) is 7.62. The highest BCUT2D eigenvalue weighted by Gasteiger charge is 2.32. The predicted molar refractivity (Wildman–Crippen MR) is 148 cm³/mol. The minimum absolute atomic E-state index is 0.00929. The van der Waals surface area contributed by atoms with Crippen molar-refractivity contribution < 1.29 is 18.7 Å². The molecule has 0 bridgehead atoms. The molecule has 1 aromatic carbocycles. The molecule has 0 N–H and O–H groups in total. The van der Waals surface area contributed by atoms with Crippen LogP contribution in [0.4, 0.5) is 15.0 Å². The summed E-state index contributed by atoms with van der Waals surface area (Å²) in [6.07, 6.45) is 0.209. The highest BCUT2D eigenvalue weighted by molar-refractivity contribution is 5.68. The largest absolute Gasteiger partial charge is 0.462 e. The summed E-state index contributed by atoms with van der Waals surface area (Å²) in [6, 6.07) is 10.8. The van der Waals surface area contributed by atoms with Crippen molar-refractivity contribution >= 4 is 11.9 Å². The maximum absolute atomic E-state index is 13.9. The zero-order chi connectivity index (χ0) is 27.6. The van der Waals surface area contributed by atoms with Crippen molar-refractivity contribution in [2.24, 2.45) is 0 Å². The van der Waals surface area contributed by atoms with E-state index in [1.165, 1.54) is 5.56 Å². The molecule has 2 saturated heterocycles. The van der Waals surface area contributed by atoms with Crippen LogP contribution in [0.3, 0.4) is 0 Å². The first-order chi connectivity index (χ1) is 18.6. The molecule has 3 aliphatic heterocycles. The number of rotatable bonds is 6. The summed E-state index contributed by atoms with van der Waals surface area (Å²) < 4.78 is 25.6. The Kier molecular flexibility index (Phi) is 8.23. The molecular formula is C29H41FN6O3. The molecule has 212 valence electrons. The molecule has 1 amide bonds. The van der Waals surface area contributed by atoms with Gasteiger partial charge in [0.15, 0.2) is 0 Å². The SMILES string of the molecule is CN1C[C@H](F)C[C@H]1COc1nc2c(c(N3CCN(C(=O)OC(C)(C)C)CC3)n1)CCN(Cc1ccccc1)C2. The number of anilines is 1. The number of likely N-dealkylation sites (tertiary alicyclic amines) is 1. The van der Waals surface area contributed by atoms with E-state index in [2.05, 4.69) is 34.1 Å². The lowest BCUT2D eigenvalue weighted by Crippen LogP contribution is -2.50. The average Bonchev–Trinajstić information content (AvgIpc) is 3.23. The molecule has 0 spiro atoms. The number of aromatic nitrogens is 2. The Labute approximate surface area is 230 Å². The van der Waals surface area contributed by atoms with Crippen LogP contribution in [-0.2, 0) is 24.2 Å². The highest BCUT2D eigenvalue weighted by Crippen LogP contribution is 2.30. The lowest BCUT2D eigenvalue weighted by molar-refractivity contribution is 0.0240. The van der Waals surface area contributed by atoms with Crippen LogP contribution in [0.15, 0.2) is 30.3 Å². The molecule has 2 fully saturated rings. The molecule has 39 heavy (non-hydrogen) atoms. The van der Waals surface area contributed by atoms with E-state index in [1.54, 1.807) is 4.90 Å². The van der Waals surface area contributed by atoms with E-state index >= 15 is 0 Å². The van der Waals surface area contributed by atoms with E-state index in [-0.39, 0.29) is 12.1 Å². The molecule has 5 rings (SSSR count). The molecule has 0 radical (unpaired) electrons. The van der Waals surface area contributed by atoms with Gasteiger partial charge in [-0.05, 0) is 46.2 Å². The number of fused-ring (bicyclic) bond motifs is 1. The lowest BCUT2D eigenvalue weighted by Gasteiger charge is -2.38. The van der Waals surface area contributed by atoms with Gasteiger partial charge in [0, 0.05) is 64.0 Å². The maximum atomic E-state index is 13.9. The summed E-state index contributed by atoms with van der Waals surface area (Å²) in [7, 11) is 1.93. The second-order valence-corrected chi connectivity index (χ2v) is 11.9. The number of nitrogens with zero attached hydrogens (tertiary/aromatic N) is 6. The minimum atomic E-state index is -0.823. The van der Waals surface area contributed by atoms with Crippen LogP contribution in [-0.4, -0.2) is 101 Å². The summed E-state index contributed by atoms with van der Waals surface area (Å²) in [5, 5.41) is 0. The first-order valence-corrected chi connectivity index (χ1v) is 14.0. The first-order valence-electron chi connectivity index (χ1n) is 14.0. The molecule has 3 aliphatic rings. The summed E-state index contributed by atoms with van der Waals surface area (Å²) in [5.74, 6) is 0.890. The molecule has 0 unspecified atom stereocenters. The highest BCUT2D eigenvalue weighted by atomic mass is 19.1. The molecule has 4 heterocycles. The number of piperazine rings is 1. The molecule has 10 heteroatoms. The number of carbonyl (C=O) groups excluding carboxylic acids is 1. The number of benzene rings is 1. The van der Waals surface area contributed by atoms with Crippen molar-refractivity contribution in [1.29, 1.82) is 0 Å². The van der Waals surface area contributed by atoms with Gasteiger partial charge in [-0.1, -0.05) is 30.3 Å². The molecule has 9 nitrogen and oxygen atoms in total. The van der Waals surface area contributed by atoms with Crippen LogP contribution in [0.25, 0.3) is 0 Å². The van der Waals surface area contributed by atoms with E-state index in [0.717, 1.165) is 36.6 Å². The fraction of sp³-hybridized carbons (Fsp3) is 0.621. The quantitative estimate of drug-likeness (QED) is 0.551. The Hall–Kier alpha value is -2.98. The molecular weight excluding hydrogens is 499 g/mol. The zero-order valence-electron chi connectivity index (χ0n) is 23.6. The van der Waals surface area contributed by atoms with Crippen molar-refractivity contribution in [3.63, 3.8) is 0 Å². The number of halogens is 1. The van der Waals surface area contributed by atoms with Crippen LogP contribution in [0.1, 0.15) is 44.0 Å². The van der Waals surface area contributed by atoms with Crippen LogP contribution >= 0.6 is 0 Å². The summed E-state index contributed by atoms with van der Waals surface area (Å²) >= 11 is 0. The third kappa shape index (κ3) is 6.97. The summed E-state index contributed by atoms with van der Waals surface area (Å²) in [6.45, 7) is 11.4. The standard InChI is InChI=1S/C29H41FN6O3/c1-29(2,3)39-28(37)36-14-12-35(13-15-36)26-24-10-11-34(17-21-8-6-5-7-9-21)19-25(24)31-27(32-26)38-20-23-16-22(30)18-33(23)4/h5-9,22-23H,10-20H2,1-4H3/t22-,23+/m1/s1. The van der Waals surface area contributed by atoms with Crippen LogP contribution < -0.4 is 9.64 Å². The Morgan fingerprint density at radius 3 is 2.49 bits per heavy atom. The molecule has 1 aromatic heterocycles. The number of ether oxygens (including phenoxy) is 2. The van der Waals surface area contributed by atoms with E-state index in [0.29, 0.717) is 58.3 Å². The first kappa shape index (κ1) is 27.6. The Morgan fingerprint density at radius 2 is 1.82 bits per heavy atom. The fourth-order valence-corrected chi connectivity index (χ4v) is 5.55. The Bertz CT molecular complexity index is 1140. The van der Waals surface area contributed by atoms with Crippen LogP contribution in [0.5, 0.6) is 6.01 Å². The monoisotopic (exact) mass is 540 g/mol. The number of alkyl halides is 1. The molecule has 2 atom stereocenters. The number of hydrogen-bond acceptors (Lipinski definition) is 8. The van der Waals surface area contributed by atoms with E-state index < -0.39 is 11.8 Å². The van der Waals surface area contributed by atoms with E-state index in [4.69, 9.17) is 19.4 Å². The minimum Gasteiger partial charge on any atom is -0.462 e. The molecule has 2 aromatic rings. The van der Waals surface area contributed by atoms with Gasteiger partial charge in [0.05, 0.1) is 5.69 Å². The van der Waals surface area contributed by atoms with Crippen molar-refractivity contribution in [1.82, 2.24) is 24.7 Å². The van der Waals surface area contributed by atoms with Crippen LogP contribution in [0, 0.1) is 0 Å². The molecule has 0 aliphatic carbocycles. The Balaban J connectivity index is 1.33. The number of amides is 1. The zero-order valence-corrected chi connectivity index (χ0v) is 23.6. The topological polar surface area (TPSA) is 74.3 Å². The van der Waals surface area contributed by atoms with Crippen molar-refractivity contribution in [3.05, 3.63) is 47.2 Å². The fourth-order valence-electron chi connectivity index (χ4n) is 5.55. The normalized spacial score (nSPS) is 22.6. The van der Waals surface area contributed by atoms with Gasteiger partial charge in [0.25, 0.3) is 0 Å². The van der Waals surface area contributed by atoms with Gasteiger partial charge in [-0.15, -0.1) is 0 Å².